The highest BCUT2D eigenvalue weighted by atomic mass is 32.2. The van der Waals surface area contributed by atoms with Crippen molar-refractivity contribution in [2.45, 2.75) is 43.4 Å². The third-order valence-corrected chi connectivity index (χ3v) is 6.32. The molecular formula is C18H20N4O4S. The molecule has 0 radical (unpaired) electrons. The summed E-state index contributed by atoms with van der Waals surface area (Å²) in [4.78, 5) is 19.8. The molecule has 27 heavy (non-hydrogen) atoms. The van der Waals surface area contributed by atoms with Crippen LogP contribution in [-0.2, 0) is 35.7 Å². The molecule has 0 spiro atoms. The van der Waals surface area contributed by atoms with Gasteiger partial charge in [-0.25, -0.2) is 27.9 Å². The van der Waals surface area contributed by atoms with Crippen LogP contribution in [0.25, 0.3) is 0 Å². The molecule has 2 aliphatic rings. The van der Waals surface area contributed by atoms with Crippen LogP contribution in [0.3, 0.4) is 0 Å². The quantitative estimate of drug-likeness (QED) is 0.829. The van der Waals surface area contributed by atoms with Crippen LogP contribution in [0.2, 0.25) is 0 Å². The van der Waals surface area contributed by atoms with Gasteiger partial charge >= 0.3 is 12.0 Å². The monoisotopic (exact) mass is 388 g/mol. The minimum atomic E-state index is -4.08. The van der Waals surface area contributed by atoms with Crippen molar-refractivity contribution >= 4 is 21.7 Å². The molecule has 142 valence electrons. The summed E-state index contributed by atoms with van der Waals surface area (Å²) >= 11 is 0. The molecule has 0 bridgehead atoms. The van der Waals surface area contributed by atoms with Crippen LogP contribution >= 0.6 is 0 Å². The van der Waals surface area contributed by atoms with E-state index >= 15 is 0 Å². The van der Waals surface area contributed by atoms with Gasteiger partial charge in [-0.2, -0.15) is 0 Å². The van der Waals surface area contributed by atoms with Crippen LogP contribution in [0.15, 0.2) is 23.4 Å². The number of nitrogens with zero attached hydrogens (tertiary/aromatic N) is 2. The summed E-state index contributed by atoms with van der Waals surface area (Å²) in [6, 6.07) is 1.52. The highest BCUT2D eigenvalue weighted by molar-refractivity contribution is 7.90. The maximum atomic E-state index is 12.5. The molecule has 0 aliphatic heterocycles. The second-order valence-corrected chi connectivity index (χ2v) is 8.38. The van der Waals surface area contributed by atoms with Crippen molar-refractivity contribution in [3.8, 4) is 6.01 Å². The Kier molecular flexibility index (Phi) is 4.47. The average molecular weight is 388 g/mol. The topological polar surface area (TPSA) is 110 Å². The van der Waals surface area contributed by atoms with Gasteiger partial charge in [-0.15, -0.1) is 0 Å². The molecule has 4 rings (SSSR count). The lowest BCUT2D eigenvalue weighted by Gasteiger charge is -2.16. The Labute approximate surface area is 157 Å². The van der Waals surface area contributed by atoms with Gasteiger partial charge in [-0.3, -0.25) is 0 Å². The summed E-state index contributed by atoms with van der Waals surface area (Å²) in [6.07, 6.45) is 8.10. The number of hydrogen-bond donors (Lipinski definition) is 2. The van der Waals surface area contributed by atoms with Crippen molar-refractivity contribution in [3.05, 3.63) is 40.7 Å². The van der Waals surface area contributed by atoms with E-state index in [-0.39, 0.29) is 10.9 Å². The van der Waals surface area contributed by atoms with Crippen molar-refractivity contribution < 1.29 is 17.9 Å². The van der Waals surface area contributed by atoms with Crippen LogP contribution in [0, 0.1) is 0 Å². The van der Waals surface area contributed by atoms with Gasteiger partial charge in [0.2, 0.25) is 0 Å². The number of anilines is 1. The zero-order chi connectivity index (χ0) is 19.0. The Morgan fingerprint density at radius 3 is 2.19 bits per heavy atom. The third kappa shape index (κ3) is 3.34. The van der Waals surface area contributed by atoms with E-state index in [1.807, 2.05) is 4.72 Å². The molecule has 0 saturated carbocycles. The van der Waals surface area contributed by atoms with E-state index in [0.717, 1.165) is 67.7 Å². The summed E-state index contributed by atoms with van der Waals surface area (Å²) in [5, 5.41) is 2.80. The molecule has 2 aliphatic carbocycles. The fourth-order valence-electron chi connectivity index (χ4n) is 3.84. The van der Waals surface area contributed by atoms with Gasteiger partial charge in [0.15, 0.2) is 0 Å². The number of rotatable bonds is 4. The van der Waals surface area contributed by atoms with Gasteiger partial charge in [-0.1, -0.05) is 6.07 Å². The lowest BCUT2D eigenvalue weighted by molar-refractivity contribution is 0.256. The first-order valence-corrected chi connectivity index (χ1v) is 10.3. The summed E-state index contributed by atoms with van der Waals surface area (Å²) in [5.74, 6) is 0. The summed E-state index contributed by atoms with van der Waals surface area (Å²) in [5.41, 5.74) is 5.58. The second-order valence-electron chi connectivity index (χ2n) is 6.70. The summed E-state index contributed by atoms with van der Waals surface area (Å²) < 4.78 is 31.7. The zero-order valence-electron chi connectivity index (χ0n) is 14.9. The lowest BCUT2D eigenvalue weighted by Crippen LogP contribution is -2.35. The van der Waals surface area contributed by atoms with Gasteiger partial charge in [0.1, 0.15) is 4.90 Å². The Morgan fingerprint density at radius 1 is 1.04 bits per heavy atom. The fourth-order valence-corrected chi connectivity index (χ4v) is 4.63. The predicted molar refractivity (Wildman–Crippen MR) is 98.4 cm³/mol. The zero-order valence-corrected chi connectivity index (χ0v) is 15.7. The Hall–Kier alpha value is -2.68. The molecule has 2 aromatic rings. The number of carbonyl (C=O) groups is 1. The Morgan fingerprint density at radius 2 is 1.63 bits per heavy atom. The standard InChI is InChI=1S/C18H20N4O4S/c1-26-18-19-9-13(10-20-18)27(24,25)22-17(23)21-16-14-6-2-4-11(14)8-12-5-3-7-15(12)16/h8-10H,2-7H2,1H3,(H2,21,22,23). The first-order chi connectivity index (χ1) is 13.0. The molecule has 1 aromatic heterocycles. The van der Waals surface area contributed by atoms with Crippen LogP contribution in [0.1, 0.15) is 35.1 Å². The Bertz CT molecular complexity index is 971. The first-order valence-electron chi connectivity index (χ1n) is 8.84. The van der Waals surface area contributed by atoms with Crippen LogP contribution in [-0.4, -0.2) is 31.5 Å². The van der Waals surface area contributed by atoms with Gasteiger partial charge in [0.25, 0.3) is 10.0 Å². The maximum absolute atomic E-state index is 12.5. The minimum absolute atomic E-state index is 0.0498. The average Bonchev–Trinajstić information content (AvgIpc) is 3.30. The number of carbonyl (C=O) groups excluding carboxylic acids is 1. The normalized spacial score (nSPS) is 15.1. The molecule has 0 saturated heterocycles. The van der Waals surface area contributed by atoms with Crippen LogP contribution in [0.5, 0.6) is 6.01 Å². The smallest absolute Gasteiger partial charge is 0.333 e. The molecule has 2 N–H and O–H groups in total. The summed E-state index contributed by atoms with van der Waals surface area (Å²) in [7, 11) is -2.69. The number of aromatic nitrogens is 2. The van der Waals surface area contributed by atoms with Crippen molar-refractivity contribution in [2.75, 3.05) is 12.4 Å². The molecule has 0 fully saturated rings. The predicted octanol–water partition coefficient (Wildman–Crippen LogP) is 1.97. The summed E-state index contributed by atoms with van der Waals surface area (Å²) in [6.45, 7) is 0. The van der Waals surface area contributed by atoms with Crippen molar-refractivity contribution in [1.29, 1.82) is 0 Å². The van der Waals surface area contributed by atoms with Gasteiger partial charge in [0, 0.05) is 5.69 Å². The van der Waals surface area contributed by atoms with Crippen LogP contribution < -0.4 is 14.8 Å². The number of amides is 2. The van der Waals surface area contributed by atoms with Crippen LogP contribution in [0.4, 0.5) is 10.5 Å². The molecule has 1 heterocycles. The number of urea groups is 1. The molecule has 8 nitrogen and oxygen atoms in total. The van der Waals surface area contributed by atoms with E-state index < -0.39 is 16.1 Å². The molecule has 0 unspecified atom stereocenters. The number of sulfonamides is 1. The van der Waals surface area contributed by atoms with Crippen molar-refractivity contribution in [1.82, 2.24) is 14.7 Å². The molecule has 1 aromatic carbocycles. The van der Waals surface area contributed by atoms with Crippen molar-refractivity contribution in [3.63, 3.8) is 0 Å². The lowest BCUT2D eigenvalue weighted by atomic mass is 9.99. The van der Waals surface area contributed by atoms with E-state index in [1.54, 1.807) is 0 Å². The van der Waals surface area contributed by atoms with Crippen molar-refractivity contribution in [2.24, 2.45) is 0 Å². The second kappa shape index (κ2) is 6.80. The number of aryl methyl sites for hydroxylation is 2. The minimum Gasteiger partial charge on any atom is -0.467 e. The number of ether oxygens (including phenoxy) is 1. The first kappa shape index (κ1) is 17.7. The third-order valence-electron chi connectivity index (χ3n) is 5.04. The number of hydrogen-bond acceptors (Lipinski definition) is 6. The largest absolute Gasteiger partial charge is 0.467 e. The highest BCUT2D eigenvalue weighted by Gasteiger charge is 2.26. The van der Waals surface area contributed by atoms with Gasteiger partial charge in [0.05, 0.1) is 19.5 Å². The number of fused-ring (bicyclic) bond motifs is 2. The molecule has 2 amide bonds. The SMILES string of the molecule is COc1ncc(S(=O)(=O)NC(=O)Nc2c3c(cc4c2CCC4)CCC3)cn1. The van der Waals surface area contributed by atoms with E-state index in [1.165, 1.54) is 18.2 Å². The number of nitrogens with one attached hydrogen (secondary N) is 2. The number of benzene rings is 1. The van der Waals surface area contributed by atoms with Gasteiger partial charge < -0.3 is 10.1 Å². The molecular weight excluding hydrogens is 368 g/mol. The highest BCUT2D eigenvalue weighted by Crippen LogP contribution is 2.38. The van der Waals surface area contributed by atoms with E-state index in [2.05, 4.69) is 21.4 Å². The molecule has 9 heteroatoms. The maximum Gasteiger partial charge on any atom is 0.333 e. The Balaban J connectivity index is 1.56. The molecule has 0 atom stereocenters. The van der Waals surface area contributed by atoms with E-state index in [0.29, 0.717) is 0 Å². The van der Waals surface area contributed by atoms with E-state index in [4.69, 9.17) is 4.74 Å². The van der Waals surface area contributed by atoms with E-state index in [9.17, 15) is 13.2 Å². The fraction of sp³-hybridized carbons (Fsp3) is 0.389. The van der Waals surface area contributed by atoms with Gasteiger partial charge in [-0.05, 0) is 60.8 Å². The number of methoxy groups -OCH3 is 1.